The summed E-state index contributed by atoms with van der Waals surface area (Å²) < 4.78 is 67.3. The van der Waals surface area contributed by atoms with Gasteiger partial charge < -0.3 is 29.3 Å². The first-order valence-electron chi connectivity index (χ1n) is 19.7. The maximum atomic E-state index is 15.4. The van der Waals surface area contributed by atoms with Crippen molar-refractivity contribution in [1.82, 2.24) is 49.1 Å². The third-order valence-electron chi connectivity index (χ3n) is 12.2. The van der Waals surface area contributed by atoms with Gasteiger partial charge >= 0.3 is 0 Å². The smallest absolute Gasteiger partial charge is 0.245 e. The number of hydrogen-bond donors (Lipinski definition) is 1. The van der Waals surface area contributed by atoms with E-state index in [-0.39, 0.29) is 54.4 Å². The Balaban J connectivity index is 1.09. The molecule has 4 aromatic heterocycles. The minimum Gasteiger partial charge on any atom is -0.378 e. The van der Waals surface area contributed by atoms with Crippen LogP contribution in [0.25, 0.3) is 39.0 Å². The topological polar surface area (TPSA) is 138 Å². The predicted molar refractivity (Wildman–Crippen MR) is 211 cm³/mol. The number of anilines is 3. The van der Waals surface area contributed by atoms with Crippen molar-refractivity contribution in [3.05, 3.63) is 72.1 Å². The number of piperazine rings is 1. The van der Waals surface area contributed by atoms with Gasteiger partial charge in [-0.05, 0) is 44.0 Å². The molecule has 4 aliphatic heterocycles. The third kappa shape index (κ3) is 6.37. The second-order valence-corrected chi connectivity index (χ2v) is 15.8. The number of nitrogens with zero attached hydrogens (tertiary/aromatic N) is 12. The van der Waals surface area contributed by atoms with Crippen LogP contribution in [0.4, 0.5) is 35.3 Å². The minimum absolute atomic E-state index is 0.00155. The molecular weight excluding hydrogens is 771 g/mol. The zero-order valence-corrected chi connectivity index (χ0v) is 32.6. The van der Waals surface area contributed by atoms with Crippen LogP contribution in [-0.2, 0) is 16.1 Å². The van der Waals surface area contributed by atoms with Crippen LogP contribution in [0.1, 0.15) is 18.7 Å². The van der Waals surface area contributed by atoms with E-state index in [0.717, 1.165) is 18.6 Å². The normalized spacial score (nSPS) is 23.4. The average Bonchev–Trinajstić information content (AvgIpc) is 4.06. The van der Waals surface area contributed by atoms with E-state index < -0.39 is 36.3 Å². The van der Waals surface area contributed by atoms with Crippen LogP contribution < -0.4 is 15.1 Å². The molecule has 0 radical (unpaired) electrons. The molecule has 0 spiro atoms. The van der Waals surface area contributed by atoms with Crippen molar-refractivity contribution in [1.29, 1.82) is 0 Å². The summed E-state index contributed by atoms with van der Waals surface area (Å²) in [5.41, 5.74) is 2.48. The van der Waals surface area contributed by atoms with Crippen molar-refractivity contribution in [2.45, 2.75) is 56.6 Å². The van der Waals surface area contributed by atoms with E-state index in [0.29, 0.717) is 77.9 Å². The van der Waals surface area contributed by atoms with Gasteiger partial charge in [-0.25, -0.2) is 37.2 Å². The number of imidazole rings is 1. The molecule has 5 atom stereocenters. The van der Waals surface area contributed by atoms with Gasteiger partial charge in [0.1, 0.15) is 41.7 Å². The molecule has 8 heterocycles. The Morgan fingerprint density at radius 3 is 2.56 bits per heavy atom. The van der Waals surface area contributed by atoms with Crippen LogP contribution in [0.15, 0.2) is 48.8 Å². The fourth-order valence-corrected chi connectivity index (χ4v) is 9.43. The first-order chi connectivity index (χ1) is 28.6. The summed E-state index contributed by atoms with van der Waals surface area (Å²) in [4.78, 5) is 46.7. The molecule has 15 nitrogen and oxygen atoms in total. The van der Waals surface area contributed by atoms with Gasteiger partial charge in [0, 0.05) is 88.9 Å². The van der Waals surface area contributed by atoms with Gasteiger partial charge in [-0.2, -0.15) is 15.1 Å². The number of likely N-dealkylation sites (tertiary alicyclic amines) is 1. The number of amides is 1. The molecule has 3 saturated heterocycles. The Labute approximate surface area is 335 Å². The summed E-state index contributed by atoms with van der Waals surface area (Å²) in [6, 6.07) is 6.83. The quantitative estimate of drug-likeness (QED) is 0.242. The summed E-state index contributed by atoms with van der Waals surface area (Å²) in [6.45, 7) is 3.77. The molecule has 19 heteroatoms. The van der Waals surface area contributed by atoms with Crippen molar-refractivity contribution in [3.63, 3.8) is 0 Å². The number of methoxy groups -OCH3 is 1. The van der Waals surface area contributed by atoms with Gasteiger partial charge in [-0.1, -0.05) is 0 Å². The molecule has 306 valence electrons. The van der Waals surface area contributed by atoms with Gasteiger partial charge in [0.2, 0.25) is 17.8 Å². The van der Waals surface area contributed by atoms with E-state index in [4.69, 9.17) is 19.7 Å². The number of nitrogens with one attached hydrogen (secondary N) is 1. The number of hydrogen-bond acceptors (Lipinski definition) is 12. The number of carbonyl (C=O) groups is 1. The van der Waals surface area contributed by atoms with Gasteiger partial charge in [0.15, 0.2) is 11.5 Å². The van der Waals surface area contributed by atoms with Gasteiger partial charge in [-0.15, -0.1) is 0 Å². The molecule has 10 rings (SSSR count). The number of halogens is 4. The van der Waals surface area contributed by atoms with Crippen LogP contribution in [-0.4, -0.2) is 139 Å². The molecule has 59 heavy (non-hydrogen) atoms. The lowest BCUT2D eigenvalue weighted by Crippen LogP contribution is -2.48. The predicted octanol–water partition coefficient (Wildman–Crippen LogP) is 4.13. The highest BCUT2D eigenvalue weighted by molar-refractivity contribution is 5.94. The van der Waals surface area contributed by atoms with E-state index in [1.165, 1.54) is 29.1 Å². The molecule has 0 aliphatic carbocycles. The number of aromatic nitrogens is 8. The van der Waals surface area contributed by atoms with E-state index in [1.54, 1.807) is 31.3 Å². The van der Waals surface area contributed by atoms with Crippen LogP contribution in [0.2, 0.25) is 0 Å². The lowest BCUT2D eigenvalue weighted by Gasteiger charge is -2.34. The average molecular weight is 812 g/mol. The number of carbonyl (C=O) groups excluding carboxylic acids is 1. The highest BCUT2D eigenvalue weighted by atomic mass is 19.1. The van der Waals surface area contributed by atoms with E-state index >= 15 is 8.78 Å². The number of ether oxygens (including phenoxy) is 1. The van der Waals surface area contributed by atoms with Gasteiger partial charge in [0.25, 0.3) is 0 Å². The maximum Gasteiger partial charge on any atom is 0.245 e. The zero-order chi connectivity index (χ0) is 40.7. The van der Waals surface area contributed by atoms with Crippen molar-refractivity contribution >= 4 is 45.7 Å². The largest absolute Gasteiger partial charge is 0.378 e. The molecule has 1 amide bonds. The molecule has 6 aromatic rings. The second-order valence-electron chi connectivity index (χ2n) is 15.8. The van der Waals surface area contributed by atoms with Gasteiger partial charge in [-0.3, -0.25) is 9.69 Å². The summed E-state index contributed by atoms with van der Waals surface area (Å²) in [5.74, 6) is -0.475. The summed E-state index contributed by atoms with van der Waals surface area (Å²) >= 11 is 0. The first-order valence-corrected chi connectivity index (χ1v) is 19.7. The lowest BCUT2D eigenvalue weighted by molar-refractivity contribution is -0.132. The molecule has 6 bridgehead atoms. The molecule has 4 aliphatic rings. The van der Waals surface area contributed by atoms with E-state index in [2.05, 4.69) is 30.2 Å². The first kappa shape index (κ1) is 37.3. The second kappa shape index (κ2) is 14.4. The number of aryl methyl sites for hydroxylation is 1. The number of likely N-dealkylation sites (N-methyl/N-ethyl adjacent to an activating group) is 1. The van der Waals surface area contributed by atoms with Crippen molar-refractivity contribution in [2.75, 3.05) is 68.7 Å². The van der Waals surface area contributed by atoms with Crippen LogP contribution in [0.5, 0.6) is 0 Å². The van der Waals surface area contributed by atoms with Crippen LogP contribution in [0.3, 0.4) is 0 Å². The van der Waals surface area contributed by atoms with Crippen molar-refractivity contribution < 1.29 is 27.1 Å². The molecule has 0 saturated carbocycles. The Morgan fingerprint density at radius 2 is 1.78 bits per heavy atom. The van der Waals surface area contributed by atoms with E-state index in [9.17, 15) is 13.6 Å². The highest BCUT2D eigenvalue weighted by Crippen LogP contribution is 2.39. The summed E-state index contributed by atoms with van der Waals surface area (Å²) in [5, 5.41) is 8.44. The zero-order valence-electron chi connectivity index (χ0n) is 32.6. The van der Waals surface area contributed by atoms with Crippen molar-refractivity contribution in [3.8, 4) is 16.9 Å². The molecule has 3 fully saturated rings. The number of fused-ring (bicyclic) bond motifs is 8. The minimum atomic E-state index is -0.820. The van der Waals surface area contributed by atoms with Crippen LogP contribution >= 0.6 is 0 Å². The summed E-state index contributed by atoms with van der Waals surface area (Å²) in [6.07, 6.45) is 3.81. The summed E-state index contributed by atoms with van der Waals surface area (Å²) in [7, 11) is 3.32. The fourth-order valence-electron chi connectivity index (χ4n) is 9.43. The molecule has 2 aromatic carbocycles. The fraction of sp³-hybridized carbons (Fsp3) is 0.425. The maximum absolute atomic E-state index is 15.4. The van der Waals surface area contributed by atoms with Crippen LogP contribution in [0, 0.1) is 24.4 Å². The van der Waals surface area contributed by atoms with E-state index in [1.807, 2.05) is 16.4 Å². The molecule has 0 unspecified atom stereocenters. The standard InChI is InChI=1S/C40H41F4N13O2/c1-21-47-32-12-23(43)10-28-31-6-8-45-39(49-31)48-24-13-34(38(58)52(2)19-27(59-3)20-54(21)35(28)32)56(16-24)36-29-15-46-57(33-5-4-22(42)11-30(33)44)37(29)51-40(50-36)55-18-25-14-26(55)17-53(25)9-7-41/h4-6,8,10-12,15,24-27,34H,7,9,13-14,16-20H2,1-3H3,(H,45,48,49)/t24-,25+,26+,27-,34-/m0/s1. The Kier molecular flexibility index (Phi) is 9.11. The lowest BCUT2D eigenvalue weighted by atomic mass is 10.1. The highest BCUT2D eigenvalue weighted by Gasteiger charge is 2.46. The number of rotatable bonds is 6. The van der Waals surface area contributed by atoms with Gasteiger partial charge in [0.05, 0.1) is 41.0 Å². The number of alkyl halides is 1. The SMILES string of the molecule is CO[C@H]1CN(C)C(=O)[C@@H]2C[C@@H](CN2c2nc(N3C[C@H]4C[C@@H]3CN4CCF)nc3c2cnn3-c2ccc(F)cc2F)Nc2nccc(n2)-c2cc(F)cc3nc(C)n(c23)C1. The number of benzene rings is 2. The Hall–Kier alpha value is -5.95. The Bertz CT molecular complexity index is 2620. The third-order valence-corrected chi connectivity index (χ3v) is 12.2. The Morgan fingerprint density at radius 1 is 0.915 bits per heavy atom. The molecular formula is C40H41F4N13O2. The monoisotopic (exact) mass is 811 g/mol. The molecule has 1 N–H and O–H groups in total. The van der Waals surface area contributed by atoms with Crippen molar-refractivity contribution in [2.24, 2.45) is 0 Å².